The van der Waals surface area contributed by atoms with Gasteiger partial charge in [0.1, 0.15) is 0 Å². The van der Waals surface area contributed by atoms with Crippen molar-refractivity contribution in [2.75, 3.05) is 44.2 Å². The van der Waals surface area contributed by atoms with E-state index in [9.17, 15) is 0 Å². The van der Waals surface area contributed by atoms with Crippen molar-refractivity contribution >= 4 is 5.95 Å². The zero-order valence-corrected chi connectivity index (χ0v) is 12.7. The molecular weight excluding hydrogens is 252 g/mol. The number of aryl methyl sites for hydroxylation is 2. The van der Waals surface area contributed by atoms with Crippen LogP contribution in [0.4, 0.5) is 5.95 Å². The predicted molar refractivity (Wildman–Crippen MR) is 80.9 cm³/mol. The summed E-state index contributed by atoms with van der Waals surface area (Å²) in [6, 6.07) is 0. The van der Waals surface area contributed by atoms with Gasteiger partial charge in [-0.15, -0.1) is 5.10 Å². The minimum Gasteiger partial charge on any atom is -0.338 e. The highest BCUT2D eigenvalue weighted by Crippen LogP contribution is 2.12. The molecule has 1 aliphatic rings. The number of nitrogens with two attached hydrogens (primary N) is 1. The average Bonchev–Trinajstić information content (AvgIpc) is 2.68. The fourth-order valence-electron chi connectivity index (χ4n) is 2.45. The molecule has 1 saturated heterocycles. The van der Waals surface area contributed by atoms with Gasteiger partial charge in [-0.1, -0.05) is 0 Å². The molecule has 0 aliphatic carbocycles. The number of aromatic nitrogens is 3. The van der Waals surface area contributed by atoms with Gasteiger partial charge in [-0.2, -0.15) is 5.10 Å². The maximum Gasteiger partial charge on any atom is 0.245 e. The number of nitrogens with zero attached hydrogens (tertiary/aromatic N) is 5. The van der Waals surface area contributed by atoms with Crippen LogP contribution in [0.5, 0.6) is 0 Å². The molecule has 0 saturated carbocycles. The number of hydrogen-bond acceptors (Lipinski definition) is 6. The molecule has 2 rings (SSSR count). The molecule has 112 valence electrons. The summed E-state index contributed by atoms with van der Waals surface area (Å²) >= 11 is 0. The highest BCUT2D eigenvalue weighted by molar-refractivity contribution is 5.30. The van der Waals surface area contributed by atoms with Crippen LogP contribution in [0.2, 0.25) is 0 Å². The Hall–Kier alpha value is -1.27. The second-order valence-electron chi connectivity index (χ2n) is 5.46. The molecule has 0 bridgehead atoms. The van der Waals surface area contributed by atoms with Crippen LogP contribution >= 0.6 is 0 Å². The molecule has 0 unspecified atom stereocenters. The zero-order valence-electron chi connectivity index (χ0n) is 12.7. The maximum atomic E-state index is 5.55. The lowest BCUT2D eigenvalue weighted by atomic mass is 10.3. The van der Waals surface area contributed by atoms with Crippen LogP contribution in [0.3, 0.4) is 0 Å². The highest BCUT2D eigenvalue weighted by atomic mass is 15.3. The van der Waals surface area contributed by atoms with Crippen molar-refractivity contribution in [3.63, 3.8) is 0 Å². The van der Waals surface area contributed by atoms with Crippen molar-refractivity contribution < 1.29 is 0 Å². The van der Waals surface area contributed by atoms with Gasteiger partial charge in [-0.3, -0.25) is 0 Å². The van der Waals surface area contributed by atoms with Gasteiger partial charge in [0.05, 0.1) is 11.4 Å². The van der Waals surface area contributed by atoms with Crippen LogP contribution in [0.1, 0.15) is 30.7 Å². The number of anilines is 1. The molecule has 0 atom stereocenters. The Bertz CT molecular complexity index is 422. The summed E-state index contributed by atoms with van der Waals surface area (Å²) in [4.78, 5) is 9.33. The monoisotopic (exact) mass is 278 g/mol. The van der Waals surface area contributed by atoms with E-state index in [4.69, 9.17) is 5.73 Å². The van der Waals surface area contributed by atoms with Gasteiger partial charge in [0.15, 0.2) is 0 Å². The van der Waals surface area contributed by atoms with Gasteiger partial charge in [0, 0.05) is 19.6 Å². The SMILES string of the molecule is Cc1nnc(N2CCCN(CCCCN)CC2)nc1C. The lowest BCUT2D eigenvalue weighted by molar-refractivity contribution is 0.287. The second kappa shape index (κ2) is 7.50. The third-order valence-corrected chi connectivity index (χ3v) is 3.88. The van der Waals surface area contributed by atoms with Crippen LogP contribution in [0.25, 0.3) is 0 Å². The first kappa shape index (κ1) is 15.1. The van der Waals surface area contributed by atoms with Crippen molar-refractivity contribution in [1.82, 2.24) is 20.1 Å². The summed E-state index contributed by atoms with van der Waals surface area (Å²) in [7, 11) is 0. The van der Waals surface area contributed by atoms with E-state index in [0.29, 0.717) is 0 Å². The molecular formula is C14H26N6. The van der Waals surface area contributed by atoms with Crippen molar-refractivity contribution in [3.05, 3.63) is 11.4 Å². The van der Waals surface area contributed by atoms with E-state index < -0.39 is 0 Å². The Labute approximate surface area is 121 Å². The zero-order chi connectivity index (χ0) is 14.4. The standard InChI is InChI=1S/C14H26N6/c1-12-13(2)17-18-14(16-12)20-9-5-8-19(10-11-20)7-4-3-6-15/h3-11,15H2,1-2H3. The van der Waals surface area contributed by atoms with Crippen LogP contribution in [0.15, 0.2) is 0 Å². The Balaban J connectivity index is 1.90. The Morgan fingerprint density at radius 2 is 1.85 bits per heavy atom. The molecule has 20 heavy (non-hydrogen) atoms. The van der Waals surface area contributed by atoms with Gasteiger partial charge in [-0.05, 0) is 52.7 Å². The summed E-state index contributed by atoms with van der Waals surface area (Å²) in [5.41, 5.74) is 7.43. The first-order valence-electron chi connectivity index (χ1n) is 7.56. The second-order valence-corrected chi connectivity index (χ2v) is 5.46. The lowest BCUT2D eigenvalue weighted by Gasteiger charge is -2.21. The fourth-order valence-corrected chi connectivity index (χ4v) is 2.45. The van der Waals surface area contributed by atoms with Crippen LogP contribution in [0, 0.1) is 13.8 Å². The third kappa shape index (κ3) is 4.11. The fraction of sp³-hybridized carbons (Fsp3) is 0.786. The molecule has 2 N–H and O–H groups in total. The summed E-state index contributed by atoms with van der Waals surface area (Å²) in [5.74, 6) is 0.775. The Morgan fingerprint density at radius 3 is 2.60 bits per heavy atom. The van der Waals surface area contributed by atoms with E-state index in [-0.39, 0.29) is 0 Å². The van der Waals surface area contributed by atoms with E-state index in [1.54, 1.807) is 0 Å². The van der Waals surface area contributed by atoms with Crippen LogP contribution in [-0.4, -0.2) is 59.3 Å². The van der Waals surface area contributed by atoms with Gasteiger partial charge in [-0.25, -0.2) is 4.98 Å². The predicted octanol–water partition coefficient (Wildman–Crippen LogP) is 0.739. The molecule has 6 heteroatoms. The van der Waals surface area contributed by atoms with E-state index >= 15 is 0 Å². The van der Waals surface area contributed by atoms with Gasteiger partial charge < -0.3 is 15.5 Å². The molecule has 1 fully saturated rings. The van der Waals surface area contributed by atoms with Crippen molar-refractivity contribution in [2.45, 2.75) is 33.1 Å². The van der Waals surface area contributed by atoms with Crippen molar-refractivity contribution in [3.8, 4) is 0 Å². The number of hydrogen-bond donors (Lipinski definition) is 1. The molecule has 2 heterocycles. The van der Waals surface area contributed by atoms with Crippen molar-refractivity contribution in [1.29, 1.82) is 0 Å². The van der Waals surface area contributed by atoms with Gasteiger partial charge in [0.2, 0.25) is 5.95 Å². The Kier molecular flexibility index (Phi) is 5.67. The number of unbranched alkanes of at least 4 members (excludes halogenated alkanes) is 1. The normalized spacial score (nSPS) is 17.2. The van der Waals surface area contributed by atoms with Gasteiger partial charge in [0.25, 0.3) is 0 Å². The highest BCUT2D eigenvalue weighted by Gasteiger charge is 2.17. The van der Waals surface area contributed by atoms with E-state index in [1.807, 2.05) is 13.8 Å². The molecule has 0 aromatic carbocycles. The topological polar surface area (TPSA) is 71.2 Å². The molecule has 1 aromatic rings. The molecule has 6 nitrogen and oxygen atoms in total. The summed E-state index contributed by atoms with van der Waals surface area (Å²) in [6.45, 7) is 10.1. The first-order valence-corrected chi connectivity index (χ1v) is 7.56. The smallest absolute Gasteiger partial charge is 0.245 e. The van der Waals surface area contributed by atoms with E-state index in [0.717, 1.165) is 69.4 Å². The first-order chi connectivity index (χ1) is 9.70. The molecule has 0 amide bonds. The molecule has 1 aliphatic heterocycles. The van der Waals surface area contributed by atoms with E-state index in [2.05, 4.69) is 25.0 Å². The summed E-state index contributed by atoms with van der Waals surface area (Å²) in [5, 5.41) is 8.42. The largest absolute Gasteiger partial charge is 0.338 e. The lowest BCUT2D eigenvalue weighted by Crippen LogP contribution is -2.32. The van der Waals surface area contributed by atoms with Crippen LogP contribution < -0.4 is 10.6 Å². The van der Waals surface area contributed by atoms with Crippen molar-refractivity contribution in [2.24, 2.45) is 5.73 Å². The third-order valence-electron chi connectivity index (χ3n) is 3.88. The number of rotatable bonds is 5. The molecule has 0 radical (unpaired) electrons. The maximum absolute atomic E-state index is 5.55. The van der Waals surface area contributed by atoms with Gasteiger partial charge >= 0.3 is 0 Å². The van der Waals surface area contributed by atoms with E-state index in [1.165, 1.54) is 6.42 Å². The molecule has 0 spiro atoms. The summed E-state index contributed by atoms with van der Waals surface area (Å²) < 4.78 is 0. The van der Waals surface area contributed by atoms with Crippen LogP contribution in [-0.2, 0) is 0 Å². The quantitative estimate of drug-likeness (QED) is 0.801. The minimum absolute atomic E-state index is 0.775. The minimum atomic E-state index is 0.775. The molecule has 1 aromatic heterocycles. The average molecular weight is 278 g/mol. The Morgan fingerprint density at radius 1 is 1.00 bits per heavy atom. The summed E-state index contributed by atoms with van der Waals surface area (Å²) in [6.07, 6.45) is 3.46.